The summed E-state index contributed by atoms with van der Waals surface area (Å²) in [5.41, 5.74) is 0.271. The molecule has 0 unspecified atom stereocenters. The third-order valence-corrected chi connectivity index (χ3v) is 4.88. The smallest absolute Gasteiger partial charge is 0.238 e. The van der Waals surface area contributed by atoms with E-state index in [2.05, 4.69) is 0 Å². The van der Waals surface area contributed by atoms with Gasteiger partial charge >= 0.3 is 0 Å². The topological polar surface area (TPSA) is 119 Å². The van der Waals surface area contributed by atoms with E-state index in [1.165, 1.54) is 32.4 Å². The SMILES string of the molecule is COc1cc(-c2oc3cc(O)cc(O)c3c(=O)c2O)cc(OC)c1OCc1ccccc1. The molecule has 3 aromatic carbocycles. The normalized spacial score (nSPS) is 10.8. The van der Waals surface area contributed by atoms with Crippen molar-refractivity contribution >= 4 is 11.0 Å². The van der Waals surface area contributed by atoms with Crippen LogP contribution in [0.25, 0.3) is 22.3 Å². The Balaban J connectivity index is 1.83. The van der Waals surface area contributed by atoms with Crippen LogP contribution in [-0.4, -0.2) is 29.5 Å². The van der Waals surface area contributed by atoms with Crippen molar-refractivity contribution in [3.8, 4) is 45.8 Å². The molecule has 1 aromatic heterocycles. The first-order valence-corrected chi connectivity index (χ1v) is 9.57. The zero-order valence-electron chi connectivity index (χ0n) is 17.3. The molecule has 4 rings (SSSR count). The van der Waals surface area contributed by atoms with E-state index in [9.17, 15) is 20.1 Å². The predicted molar refractivity (Wildman–Crippen MR) is 117 cm³/mol. The third kappa shape index (κ3) is 3.74. The summed E-state index contributed by atoms with van der Waals surface area (Å²) in [5, 5.41) is 30.0. The summed E-state index contributed by atoms with van der Waals surface area (Å²) in [6, 6.07) is 14.7. The Morgan fingerprint density at radius 2 is 1.56 bits per heavy atom. The maximum atomic E-state index is 12.7. The van der Waals surface area contributed by atoms with Crippen molar-refractivity contribution < 1.29 is 33.9 Å². The van der Waals surface area contributed by atoms with Gasteiger partial charge < -0.3 is 33.9 Å². The summed E-state index contributed by atoms with van der Waals surface area (Å²) >= 11 is 0. The quantitative estimate of drug-likeness (QED) is 0.412. The minimum atomic E-state index is -0.846. The van der Waals surface area contributed by atoms with Crippen molar-refractivity contribution in [2.75, 3.05) is 14.2 Å². The van der Waals surface area contributed by atoms with Crippen LogP contribution in [0.3, 0.4) is 0 Å². The van der Waals surface area contributed by atoms with E-state index in [0.717, 1.165) is 11.6 Å². The zero-order valence-corrected chi connectivity index (χ0v) is 17.3. The van der Waals surface area contributed by atoms with Crippen molar-refractivity contribution in [1.29, 1.82) is 0 Å². The van der Waals surface area contributed by atoms with E-state index in [-0.39, 0.29) is 46.1 Å². The number of rotatable bonds is 6. The fourth-order valence-electron chi connectivity index (χ4n) is 3.35. The Morgan fingerprint density at radius 3 is 2.19 bits per heavy atom. The highest BCUT2D eigenvalue weighted by atomic mass is 16.5. The molecule has 8 heteroatoms. The fourth-order valence-corrected chi connectivity index (χ4v) is 3.35. The van der Waals surface area contributed by atoms with Crippen LogP contribution in [0.5, 0.6) is 34.5 Å². The predicted octanol–water partition coefficient (Wildman–Crippen LogP) is 4.17. The lowest BCUT2D eigenvalue weighted by atomic mass is 10.1. The summed E-state index contributed by atoms with van der Waals surface area (Å²) < 4.78 is 22.5. The molecule has 4 aromatic rings. The summed E-state index contributed by atoms with van der Waals surface area (Å²) in [7, 11) is 2.89. The number of fused-ring (bicyclic) bond motifs is 1. The molecule has 0 aliphatic rings. The van der Waals surface area contributed by atoms with Crippen LogP contribution in [0.15, 0.2) is 63.8 Å². The van der Waals surface area contributed by atoms with Crippen molar-refractivity contribution in [3.63, 3.8) is 0 Å². The number of phenols is 2. The van der Waals surface area contributed by atoms with Crippen LogP contribution in [0, 0.1) is 0 Å². The lowest BCUT2D eigenvalue weighted by Crippen LogP contribution is -2.04. The Bertz CT molecular complexity index is 1320. The average molecular weight is 436 g/mol. The maximum absolute atomic E-state index is 12.7. The molecule has 0 amide bonds. The molecule has 8 nitrogen and oxygen atoms in total. The maximum Gasteiger partial charge on any atom is 0.238 e. The second kappa shape index (κ2) is 8.43. The lowest BCUT2D eigenvalue weighted by molar-refractivity contribution is 0.266. The van der Waals surface area contributed by atoms with Crippen molar-refractivity contribution in [1.82, 2.24) is 0 Å². The Kier molecular flexibility index (Phi) is 5.51. The Morgan fingerprint density at radius 1 is 0.906 bits per heavy atom. The minimum absolute atomic E-state index is 0.0948. The Hall–Kier alpha value is -4.33. The van der Waals surface area contributed by atoms with Crippen LogP contribution >= 0.6 is 0 Å². The van der Waals surface area contributed by atoms with Crippen molar-refractivity contribution in [2.24, 2.45) is 0 Å². The third-order valence-electron chi connectivity index (χ3n) is 4.88. The van der Waals surface area contributed by atoms with Gasteiger partial charge in [0, 0.05) is 17.7 Å². The monoisotopic (exact) mass is 436 g/mol. The first kappa shape index (κ1) is 20.9. The van der Waals surface area contributed by atoms with Crippen LogP contribution in [-0.2, 0) is 6.61 Å². The molecule has 0 atom stereocenters. The number of ether oxygens (including phenoxy) is 3. The van der Waals surface area contributed by atoms with Gasteiger partial charge in [0.05, 0.1) is 14.2 Å². The number of benzene rings is 3. The summed E-state index contributed by atoms with van der Waals surface area (Å²) in [4.78, 5) is 12.7. The molecule has 0 aliphatic carbocycles. The van der Waals surface area contributed by atoms with Gasteiger partial charge in [-0.25, -0.2) is 0 Å². The van der Waals surface area contributed by atoms with Crippen LogP contribution < -0.4 is 19.6 Å². The first-order valence-electron chi connectivity index (χ1n) is 9.57. The van der Waals surface area contributed by atoms with Gasteiger partial charge in [-0.2, -0.15) is 0 Å². The van der Waals surface area contributed by atoms with E-state index < -0.39 is 16.9 Å². The molecule has 0 spiro atoms. The number of hydrogen-bond donors (Lipinski definition) is 3. The van der Waals surface area contributed by atoms with E-state index in [0.29, 0.717) is 5.75 Å². The lowest BCUT2D eigenvalue weighted by Gasteiger charge is -2.16. The van der Waals surface area contributed by atoms with E-state index in [4.69, 9.17) is 18.6 Å². The summed E-state index contributed by atoms with van der Waals surface area (Å²) in [5.74, 6) is -0.780. The van der Waals surface area contributed by atoms with Crippen molar-refractivity contribution in [2.45, 2.75) is 6.61 Å². The molecule has 0 fully saturated rings. The van der Waals surface area contributed by atoms with E-state index in [1.54, 1.807) is 0 Å². The van der Waals surface area contributed by atoms with Crippen LogP contribution in [0.2, 0.25) is 0 Å². The number of phenolic OH excluding ortho intramolecular Hbond substituents is 2. The van der Waals surface area contributed by atoms with Gasteiger partial charge in [0.15, 0.2) is 17.3 Å². The van der Waals surface area contributed by atoms with Gasteiger partial charge in [-0.3, -0.25) is 4.79 Å². The molecule has 32 heavy (non-hydrogen) atoms. The molecule has 3 N–H and O–H groups in total. The fraction of sp³-hybridized carbons (Fsp3) is 0.125. The summed E-state index contributed by atoms with van der Waals surface area (Å²) in [6.07, 6.45) is 0. The van der Waals surface area contributed by atoms with E-state index in [1.807, 2.05) is 30.3 Å². The number of hydrogen-bond acceptors (Lipinski definition) is 8. The second-order valence-electron chi connectivity index (χ2n) is 6.93. The average Bonchev–Trinajstić information content (AvgIpc) is 2.79. The van der Waals surface area contributed by atoms with Crippen molar-refractivity contribution in [3.05, 3.63) is 70.4 Å². The molecule has 1 heterocycles. The van der Waals surface area contributed by atoms with Crippen LogP contribution in [0.4, 0.5) is 0 Å². The molecule has 164 valence electrons. The minimum Gasteiger partial charge on any atom is -0.508 e. The largest absolute Gasteiger partial charge is 0.508 e. The summed E-state index contributed by atoms with van der Waals surface area (Å²) in [6.45, 7) is 0.266. The molecular formula is C24H20O8. The molecule has 0 saturated carbocycles. The standard InChI is InChI=1S/C24H20O8/c1-29-18-8-14(9-19(30-2)24(18)31-12-13-6-4-3-5-7-13)23-22(28)21(27)20-16(26)10-15(25)11-17(20)32-23/h3-11,25-26,28H,12H2,1-2H3. The van der Waals surface area contributed by atoms with E-state index >= 15 is 0 Å². The Labute approximate surface area is 182 Å². The highest BCUT2D eigenvalue weighted by Crippen LogP contribution is 2.44. The number of aromatic hydroxyl groups is 3. The van der Waals surface area contributed by atoms with Crippen LogP contribution in [0.1, 0.15) is 5.56 Å². The molecule has 0 radical (unpaired) electrons. The second-order valence-corrected chi connectivity index (χ2v) is 6.93. The molecule has 0 saturated heterocycles. The van der Waals surface area contributed by atoms with Gasteiger partial charge in [-0.1, -0.05) is 30.3 Å². The zero-order chi connectivity index (χ0) is 22.8. The molecular weight excluding hydrogens is 416 g/mol. The van der Waals surface area contributed by atoms with Gasteiger partial charge in [0.2, 0.25) is 16.9 Å². The molecule has 0 bridgehead atoms. The highest BCUT2D eigenvalue weighted by Gasteiger charge is 2.22. The van der Waals surface area contributed by atoms with Gasteiger partial charge in [-0.05, 0) is 17.7 Å². The van der Waals surface area contributed by atoms with Gasteiger partial charge in [-0.15, -0.1) is 0 Å². The molecule has 0 aliphatic heterocycles. The first-order chi connectivity index (χ1) is 15.4. The van der Waals surface area contributed by atoms with Gasteiger partial charge in [0.1, 0.15) is 29.1 Å². The highest BCUT2D eigenvalue weighted by molar-refractivity contribution is 5.88. The van der Waals surface area contributed by atoms with Gasteiger partial charge in [0.25, 0.3) is 0 Å². The number of methoxy groups -OCH3 is 2.